The summed E-state index contributed by atoms with van der Waals surface area (Å²) in [6.07, 6.45) is 8.72. The van der Waals surface area contributed by atoms with E-state index in [1.807, 2.05) is 18.6 Å². The Kier molecular flexibility index (Phi) is 5.70. The van der Waals surface area contributed by atoms with E-state index in [4.69, 9.17) is 4.98 Å². The highest BCUT2D eigenvalue weighted by Crippen LogP contribution is 2.20. The second kappa shape index (κ2) is 8.27. The minimum atomic E-state index is -3.18. The normalized spacial score (nSPS) is 15.9. The molecule has 3 aromatic rings. The minimum absolute atomic E-state index is 0.0267. The molecule has 0 radical (unpaired) electrons. The summed E-state index contributed by atoms with van der Waals surface area (Å²) < 4.78 is 27.7. The SMILES string of the molecule is CC(C)n1cnc2cnc(Cc3ccnc(N4CCC(NS(C)(=O)=O)CC4)n3)cc21. The average Bonchev–Trinajstić information content (AvgIpc) is 3.11. The molecule has 160 valence electrons. The zero-order valence-electron chi connectivity index (χ0n) is 17.5. The summed E-state index contributed by atoms with van der Waals surface area (Å²) in [7, 11) is -3.18. The van der Waals surface area contributed by atoms with Crippen LogP contribution in [0.3, 0.4) is 0 Å². The Morgan fingerprint density at radius 1 is 1.17 bits per heavy atom. The molecule has 0 aromatic carbocycles. The molecule has 1 aliphatic heterocycles. The highest BCUT2D eigenvalue weighted by Gasteiger charge is 2.23. The lowest BCUT2D eigenvalue weighted by atomic mass is 10.1. The van der Waals surface area contributed by atoms with Gasteiger partial charge in [-0.15, -0.1) is 0 Å². The van der Waals surface area contributed by atoms with E-state index in [9.17, 15) is 8.42 Å². The van der Waals surface area contributed by atoms with Crippen LogP contribution < -0.4 is 9.62 Å². The third kappa shape index (κ3) is 4.76. The molecule has 0 atom stereocenters. The fourth-order valence-electron chi connectivity index (χ4n) is 3.80. The minimum Gasteiger partial charge on any atom is -0.341 e. The van der Waals surface area contributed by atoms with E-state index in [1.165, 1.54) is 6.26 Å². The van der Waals surface area contributed by atoms with Gasteiger partial charge in [-0.05, 0) is 38.8 Å². The Balaban J connectivity index is 1.47. The lowest BCUT2D eigenvalue weighted by Crippen LogP contribution is -2.44. The molecule has 10 heteroatoms. The van der Waals surface area contributed by atoms with Gasteiger partial charge in [0.15, 0.2) is 0 Å². The van der Waals surface area contributed by atoms with Crippen molar-refractivity contribution in [1.82, 2.24) is 29.2 Å². The van der Waals surface area contributed by atoms with Gasteiger partial charge < -0.3 is 9.47 Å². The van der Waals surface area contributed by atoms with Crippen LogP contribution in [0, 0.1) is 0 Å². The molecule has 1 aliphatic rings. The molecule has 0 aliphatic carbocycles. The van der Waals surface area contributed by atoms with Gasteiger partial charge in [-0.1, -0.05) is 0 Å². The third-order valence-electron chi connectivity index (χ3n) is 5.30. The molecular weight excluding hydrogens is 402 g/mol. The molecule has 30 heavy (non-hydrogen) atoms. The third-order valence-corrected chi connectivity index (χ3v) is 6.06. The molecule has 4 heterocycles. The van der Waals surface area contributed by atoms with E-state index >= 15 is 0 Å². The van der Waals surface area contributed by atoms with Crippen molar-refractivity contribution in [2.24, 2.45) is 0 Å². The highest BCUT2D eigenvalue weighted by atomic mass is 32.2. The van der Waals surface area contributed by atoms with Gasteiger partial charge in [0.2, 0.25) is 16.0 Å². The molecule has 0 spiro atoms. The summed E-state index contributed by atoms with van der Waals surface area (Å²) in [6.45, 7) is 5.70. The Labute approximate surface area is 176 Å². The van der Waals surface area contributed by atoms with Crippen LogP contribution in [0.4, 0.5) is 5.95 Å². The van der Waals surface area contributed by atoms with Gasteiger partial charge >= 0.3 is 0 Å². The van der Waals surface area contributed by atoms with Crippen molar-refractivity contribution in [1.29, 1.82) is 0 Å². The highest BCUT2D eigenvalue weighted by molar-refractivity contribution is 7.88. The Bertz CT molecular complexity index is 1140. The van der Waals surface area contributed by atoms with Crippen molar-refractivity contribution >= 4 is 27.0 Å². The maximum Gasteiger partial charge on any atom is 0.225 e. The fourth-order valence-corrected chi connectivity index (χ4v) is 4.64. The lowest BCUT2D eigenvalue weighted by molar-refractivity contribution is 0.457. The molecule has 1 N–H and O–H groups in total. The molecule has 1 fully saturated rings. The van der Waals surface area contributed by atoms with Crippen molar-refractivity contribution in [2.75, 3.05) is 24.2 Å². The van der Waals surface area contributed by atoms with Crippen LogP contribution in [0.2, 0.25) is 0 Å². The van der Waals surface area contributed by atoms with E-state index in [1.54, 1.807) is 6.20 Å². The van der Waals surface area contributed by atoms with E-state index < -0.39 is 10.0 Å². The zero-order valence-corrected chi connectivity index (χ0v) is 18.3. The van der Waals surface area contributed by atoms with Crippen molar-refractivity contribution in [2.45, 2.75) is 45.2 Å². The van der Waals surface area contributed by atoms with Crippen molar-refractivity contribution < 1.29 is 8.42 Å². The number of piperidine rings is 1. The summed E-state index contributed by atoms with van der Waals surface area (Å²) in [4.78, 5) is 20.2. The largest absolute Gasteiger partial charge is 0.341 e. The van der Waals surface area contributed by atoms with Crippen molar-refractivity contribution in [3.05, 3.63) is 42.2 Å². The quantitative estimate of drug-likeness (QED) is 0.638. The van der Waals surface area contributed by atoms with Crippen LogP contribution in [0.15, 0.2) is 30.9 Å². The summed E-state index contributed by atoms with van der Waals surface area (Å²) in [6, 6.07) is 4.29. The van der Waals surface area contributed by atoms with Crippen LogP contribution >= 0.6 is 0 Å². The molecule has 0 amide bonds. The summed E-state index contributed by atoms with van der Waals surface area (Å²) in [5.41, 5.74) is 3.80. The first-order chi connectivity index (χ1) is 14.3. The van der Waals surface area contributed by atoms with Gasteiger partial charge in [-0.3, -0.25) is 4.98 Å². The number of pyridine rings is 1. The predicted molar refractivity (Wildman–Crippen MR) is 116 cm³/mol. The fraction of sp³-hybridized carbons (Fsp3) is 0.500. The number of aromatic nitrogens is 5. The maximum absolute atomic E-state index is 11.4. The van der Waals surface area contributed by atoms with Gasteiger partial charge in [0.05, 0.1) is 30.0 Å². The lowest BCUT2D eigenvalue weighted by Gasteiger charge is -2.32. The van der Waals surface area contributed by atoms with Crippen LogP contribution in [0.1, 0.15) is 44.1 Å². The number of hydrogen-bond donors (Lipinski definition) is 1. The smallest absolute Gasteiger partial charge is 0.225 e. The predicted octanol–water partition coefficient (Wildman–Crippen LogP) is 1.91. The summed E-state index contributed by atoms with van der Waals surface area (Å²) in [5, 5.41) is 0. The van der Waals surface area contributed by atoms with Crippen LogP contribution in [-0.2, 0) is 16.4 Å². The Morgan fingerprint density at radius 2 is 1.93 bits per heavy atom. The number of sulfonamides is 1. The monoisotopic (exact) mass is 429 g/mol. The Morgan fingerprint density at radius 3 is 2.63 bits per heavy atom. The number of rotatable bonds is 6. The van der Waals surface area contributed by atoms with E-state index in [0.29, 0.717) is 31.5 Å². The number of nitrogens with zero attached hydrogens (tertiary/aromatic N) is 6. The van der Waals surface area contributed by atoms with Gasteiger partial charge in [0.1, 0.15) is 5.52 Å². The first kappa shape index (κ1) is 20.7. The Hall–Kier alpha value is -2.59. The molecule has 1 saturated heterocycles. The number of imidazole rings is 1. The molecular formula is C20H27N7O2S. The van der Waals surface area contributed by atoms with Gasteiger partial charge in [0, 0.05) is 43.5 Å². The maximum atomic E-state index is 11.4. The second-order valence-electron chi connectivity index (χ2n) is 8.09. The number of anilines is 1. The molecule has 0 unspecified atom stereocenters. The van der Waals surface area contributed by atoms with Crippen LogP contribution in [-0.4, -0.2) is 58.3 Å². The van der Waals surface area contributed by atoms with E-state index in [0.717, 1.165) is 35.3 Å². The summed E-state index contributed by atoms with van der Waals surface area (Å²) in [5.74, 6) is 0.679. The first-order valence-electron chi connectivity index (χ1n) is 10.1. The second-order valence-corrected chi connectivity index (χ2v) is 9.87. The first-order valence-corrected chi connectivity index (χ1v) is 12.0. The van der Waals surface area contributed by atoms with Gasteiger partial charge in [-0.25, -0.2) is 28.1 Å². The van der Waals surface area contributed by atoms with Crippen LogP contribution in [0.25, 0.3) is 11.0 Å². The molecule has 0 bridgehead atoms. The molecule has 9 nitrogen and oxygen atoms in total. The van der Waals surface area contributed by atoms with Gasteiger partial charge in [-0.2, -0.15) is 0 Å². The van der Waals surface area contributed by atoms with E-state index in [-0.39, 0.29) is 6.04 Å². The van der Waals surface area contributed by atoms with Crippen molar-refractivity contribution in [3.63, 3.8) is 0 Å². The topological polar surface area (TPSA) is 106 Å². The average molecular weight is 430 g/mol. The molecule has 3 aromatic heterocycles. The number of hydrogen-bond acceptors (Lipinski definition) is 7. The van der Waals surface area contributed by atoms with E-state index in [2.05, 4.69) is 49.1 Å². The summed E-state index contributed by atoms with van der Waals surface area (Å²) >= 11 is 0. The van der Waals surface area contributed by atoms with Crippen LogP contribution in [0.5, 0.6) is 0 Å². The zero-order chi connectivity index (χ0) is 21.3. The number of nitrogens with one attached hydrogen (secondary N) is 1. The molecule has 0 saturated carbocycles. The van der Waals surface area contributed by atoms with Gasteiger partial charge in [0.25, 0.3) is 0 Å². The van der Waals surface area contributed by atoms with Crippen molar-refractivity contribution in [3.8, 4) is 0 Å². The molecule has 4 rings (SSSR count). The number of fused-ring (bicyclic) bond motifs is 1. The standard InChI is InChI=1S/C20H27N7O2S/c1-14(2)27-13-23-18-12-22-17(11-19(18)27)10-16-4-7-21-20(24-16)26-8-5-15(6-9-26)25-30(3,28)29/h4,7,11-15,25H,5-6,8-10H2,1-3H3.